The number of H-pyrrole nitrogens is 1. The Morgan fingerprint density at radius 2 is 1.84 bits per heavy atom. The molecular weight excluding hydrogens is 240 g/mol. The summed E-state index contributed by atoms with van der Waals surface area (Å²) >= 11 is 0. The maximum absolute atomic E-state index is 11.9. The van der Waals surface area contributed by atoms with Crippen molar-refractivity contribution in [3.63, 3.8) is 0 Å². The number of aromatic amines is 1. The summed E-state index contributed by atoms with van der Waals surface area (Å²) in [4.78, 5) is 11.9. The van der Waals surface area contributed by atoms with E-state index in [2.05, 4.69) is 48.3 Å². The summed E-state index contributed by atoms with van der Waals surface area (Å²) in [5.41, 5.74) is 0.0409. The summed E-state index contributed by atoms with van der Waals surface area (Å²) in [6, 6.07) is 0. The molecule has 1 rings (SSSR count). The molecule has 1 heterocycles. The van der Waals surface area contributed by atoms with Crippen LogP contribution in [0.15, 0.2) is 0 Å². The lowest BCUT2D eigenvalue weighted by atomic mass is 9.70. The van der Waals surface area contributed by atoms with Crippen molar-refractivity contribution in [3.8, 4) is 0 Å². The van der Waals surface area contributed by atoms with Gasteiger partial charge in [0, 0.05) is 18.8 Å². The zero-order chi connectivity index (χ0) is 14.7. The van der Waals surface area contributed by atoms with Crippen LogP contribution in [-0.2, 0) is 11.2 Å². The number of nitrogens with one attached hydrogen (secondary N) is 1. The number of aromatic nitrogens is 4. The lowest BCUT2D eigenvalue weighted by Crippen LogP contribution is -2.28. The van der Waals surface area contributed by atoms with Crippen molar-refractivity contribution in [2.45, 2.75) is 60.8 Å². The van der Waals surface area contributed by atoms with Crippen LogP contribution in [0.2, 0.25) is 0 Å². The van der Waals surface area contributed by atoms with Gasteiger partial charge in [0.25, 0.3) is 0 Å². The molecule has 0 radical (unpaired) electrons. The third kappa shape index (κ3) is 5.49. The SMILES string of the molecule is CC(C)C(=O)CC(C)(C)CC(C)(C)Cc1nn[nH]n1. The smallest absolute Gasteiger partial charge is 0.175 e. The average molecular weight is 266 g/mol. The predicted molar refractivity (Wildman–Crippen MR) is 74.5 cm³/mol. The van der Waals surface area contributed by atoms with Gasteiger partial charge in [0.1, 0.15) is 5.78 Å². The Morgan fingerprint density at radius 3 is 2.32 bits per heavy atom. The number of Topliss-reactive ketones (excluding diaryl/α,β-unsaturated/α-hetero) is 1. The van der Waals surface area contributed by atoms with Crippen molar-refractivity contribution >= 4 is 5.78 Å². The highest BCUT2D eigenvalue weighted by atomic mass is 16.1. The molecule has 0 atom stereocenters. The van der Waals surface area contributed by atoms with Gasteiger partial charge in [-0.25, -0.2) is 0 Å². The highest BCUT2D eigenvalue weighted by molar-refractivity contribution is 5.80. The van der Waals surface area contributed by atoms with E-state index in [1.807, 2.05) is 13.8 Å². The summed E-state index contributed by atoms with van der Waals surface area (Å²) in [5.74, 6) is 1.18. The Bertz CT molecular complexity index is 407. The van der Waals surface area contributed by atoms with Gasteiger partial charge >= 0.3 is 0 Å². The third-order valence-corrected chi connectivity index (χ3v) is 3.28. The first-order valence-electron chi connectivity index (χ1n) is 6.86. The largest absolute Gasteiger partial charge is 0.299 e. The molecule has 0 aromatic carbocycles. The van der Waals surface area contributed by atoms with Gasteiger partial charge in [0.2, 0.25) is 0 Å². The molecule has 0 unspecified atom stereocenters. The maximum atomic E-state index is 11.9. The predicted octanol–water partition coefficient (Wildman–Crippen LogP) is 2.80. The molecule has 1 N–H and O–H groups in total. The summed E-state index contributed by atoms with van der Waals surface area (Å²) < 4.78 is 0. The van der Waals surface area contributed by atoms with E-state index in [1.165, 1.54) is 0 Å². The van der Waals surface area contributed by atoms with Gasteiger partial charge in [-0.2, -0.15) is 5.21 Å². The van der Waals surface area contributed by atoms with Gasteiger partial charge in [-0.1, -0.05) is 46.8 Å². The average Bonchev–Trinajstić information content (AvgIpc) is 2.66. The van der Waals surface area contributed by atoms with Crippen LogP contribution in [0.3, 0.4) is 0 Å². The molecule has 0 saturated heterocycles. The summed E-state index contributed by atoms with van der Waals surface area (Å²) in [7, 11) is 0. The molecule has 0 aliphatic heterocycles. The van der Waals surface area contributed by atoms with Gasteiger partial charge in [-0.05, 0) is 17.3 Å². The first-order valence-corrected chi connectivity index (χ1v) is 6.86. The Kier molecular flexibility index (Phi) is 4.82. The lowest BCUT2D eigenvalue weighted by molar-refractivity contribution is -0.124. The minimum absolute atomic E-state index is 0.00537. The fourth-order valence-corrected chi connectivity index (χ4v) is 2.78. The van der Waals surface area contributed by atoms with Gasteiger partial charge in [-0.15, -0.1) is 10.2 Å². The third-order valence-electron chi connectivity index (χ3n) is 3.28. The fraction of sp³-hybridized carbons (Fsp3) is 0.857. The minimum atomic E-state index is -0.00537. The first kappa shape index (κ1) is 15.8. The van der Waals surface area contributed by atoms with Crippen LogP contribution in [0.25, 0.3) is 0 Å². The van der Waals surface area contributed by atoms with Crippen LogP contribution in [0.4, 0.5) is 0 Å². The molecule has 0 saturated carbocycles. The monoisotopic (exact) mass is 266 g/mol. The van der Waals surface area contributed by atoms with E-state index < -0.39 is 0 Å². The van der Waals surface area contributed by atoms with Gasteiger partial charge in [0.05, 0.1) is 0 Å². The molecule has 5 heteroatoms. The second-order valence-corrected chi connectivity index (χ2v) is 7.31. The summed E-state index contributed by atoms with van der Waals surface area (Å²) in [6.07, 6.45) is 2.34. The quantitative estimate of drug-likeness (QED) is 0.823. The van der Waals surface area contributed by atoms with Crippen molar-refractivity contribution < 1.29 is 4.79 Å². The highest BCUT2D eigenvalue weighted by Gasteiger charge is 2.32. The van der Waals surface area contributed by atoms with Crippen LogP contribution in [-0.4, -0.2) is 26.4 Å². The van der Waals surface area contributed by atoms with Crippen molar-refractivity contribution in [2.24, 2.45) is 16.7 Å². The number of ketones is 1. The van der Waals surface area contributed by atoms with E-state index in [9.17, 15) is 4.79 Å². The summed E-state index contributed by atoms with van der Waals surface area (Å²) in [5, 5.41) is 14.1. The van der Waals surface area contributed by atoms with Crippen LogP contribution >= 0.6 is 0 Å². The number of rotatable bonds is 7. The molecule has 1 aromatic rings. The molecule has 19 heavy (non-hydrogen) atoms. The molecule has 108 valence electrons. The first-order chi connectivity index (χ1) is 8.61. The van der Waals surface area contributed by atoms with Gasteiger partial charge < -0.3 is 0 Å². The number of carbonyl (C=O) groups is 1. The van der Waals surface area contributed by atoms with Gasteiger partial charge in [0.15, 0.2) is 5.82 Å². The zero-order valence-corrected chi connectivity index (χ0v) is 12.9. The number of nitrogens with zero attached hydrogens (tertiary/aromatic N) is 3. The molecule has 0 bridgehead atoms. The summed E-state index contributed by atoms with van der Waals surface area (Å²) in [6.45, 7) is 12.6. The van der Waals surface area contributed by atoms with E-state index in [1.54, 1.807) is 0 Å². The van der Waals surface area contributed by atoms with Crippen LogP contribution < -0.4 is 0 Å². The molecule has 0 fully saturated rings. The van der Waals surface area contributed by atoms with Crippen LogP contribution in [0, 0.1) is 16.7 Å². The van der Waals surface area contributed by atoms with Crippen LogP contribution in [0.5, 0.6) is 0 Å². The molecular formula is C14H26N4O. The molecule has 0 amide bonds. The van der Waals surface area contributed by atoms with Gasteiger partial charge in [-0.3, -0.25) is 4.79 Å². The Morgan fingerprint density at radius 1 is 1.21 bits per heavy atom. The Balaban J connectivity index is 2.62. The van der Waals surface area contributed by atoms with Crippen molar-refractivity contribution in [1.29, 1.82) is 0 Å². The molecule has 0 aliphatic rings. The van der Waals surface area contributed by atoms with E-state index in [0.29, 0.717) is 12.2 Å². The van der Waals surface area contributed by atoms with Crippen molar-refractivity contribution in [1.82, 2.24) is 20.6 Å². The van der Waals surface area contributed by atoms with Crippen molar-refractivity contribution in [3.05, 3.63) is 5.82 Å². The van der Waals surface area contributed by atoms with E-state index >= 15 is 0 Å². The minimum Gasteiger partial charge on any atom is -0.299 e. The number of carbonyl (C=O) groups excluding carboxylic acids is 1. The van der Waals surface area contributed by atoms with E-state index in [-0.39, 0.29) is 16.7 Å². The molecule has 0 spiro atoms. The standard InChI is InChI=1S/C14H26N4O/c1-10(2)11(19)7-13(3,4)9-14(5,6)8-12-15-17-18-16-12/h10H,7-9H2,1-6H3,(H,15,16,17,18). The maximum Gasteiger partial charge on any atom is 0.175 e. The topological polar surface area (TPSA) is 71.5 Å². The zero-order valence-electron chi connectivity index (χ0n) is 12.9. The Hall–Kier alpha value is -1.26. The number of hydrogen-bond acceptors (Lipinski definition) is 4. The lowest BCUT2D eigenvalue weighted by Gasteiger charge is -2.34. The molecule has 5 nitrogen and oxygen atoms in total. The van der Waals surface area contributed by atoms with Crippen LogP contribution in [0.1, 0.15) is 60.2 Å². The van der Waals surface area contributed by atoms with E-state index in [0.717, 1.165) is 18.7 Å². The molecule has 1 aromatic heterocycles. The molecule has 0 aliphatic carbocycles. The second kappa shape index (κ2) is 5.80. The second-order valence-electron chi connectivity index (χ2n) is 7.31. The van der Waals surface area contributed by atoms with Crippen molar-refractivity contribution in [2.75, 3.05) is 0 Å². The number of hydrogen-bond donors (Lipinski definition) is 1. The normalized spacial score (nSPS) is 13.0. The fourth-order valence-electron chi connectivity index (χ4n) is 2.78. The Labute approximate surface area is 115 Å². The van der Waals surface area contributed by atoms with E-state index in [4.69, 9.17) is 0 Å². The highest BCUT2D eigenvalue weighted by Crippen LogP contribution is 2.38. The number of tetrazole rings is 1.